The number of aromatic nitrogens is 1. The molecule has 0 amide bonds. The summed E-state index contributed by atoms with van der Waals surface area (Å²) in [4.78, 5) is 11.6. The van der Waals surface area contributed by atoms with Crippen LogP contribution in [0.2, 0.25) is 0 Å². The van der Waals surface area contributed by atoms with Crippen LogP contribution in [0.1, 0.15) is 33.7 Å². The van der Waals surface area contributed by atoms with Gasteiger partial charge in [-0.15, -0.1) is 0 Å². The zero-order valence-electron chi connectivity index (χ0n) is 12.9. The van der Waals surface area contributed by atoms with Gasteiger partial charge in [0.2, 0.25) is 0 Å². The Bertz CT molecular complexity index is 876. The Hall–Kier alpha value is -3.11. The molecule has 1 aromatic carbocycles. The summed E-state index contributed by atoms with van der Waals surface area (Å²) in [5.74, 6) is 0.0476. The van der Waals surface area contributed by atoms with Gasteiger partial charge in [-0.2, -0.15) is 5.26 Å². The van der Waals surface area contributed by atoms with Crippen LogP contribution < -0.4 is 5.32 Å². The molecule has 0 radical (unpaired) electrons. The topological polar surface area (TPSA) is 119 Å². The van der Waals surface area contributed by atoms with E-state index in [1.165, 1.54) is 6.20 Å². The van der Waals surface area contributed by atoms with Gasteiger partial charge in [0, 0.05) is 17.7 Å². The lowest BCUT2D eigenvalue weighted by molar-refractivity contribution is 0.0994. The van der Waals surface area contributed by atoms with E-state index in [0.29, 0.717) is 29.9 Å². The van der Waals surface area contributed by atoms with E-state index >= 15 is 0 Å². The van der Waals surface area contributed by atoms with Crippen LogP contribution in [0.4, 0.5) is 5.69 Å². The second-order valence-electron chi connectivity index (χ2n) is 5.51. The summed E-state index contributed by atoms with van der Waals surface area (Å²) >= 11 is 0. The van der Waals surface area contributed by atoms with Gasteiger partial charge in [-0.25, -0.2) is 0 Å². The zero-order chi connectivity index (χ0) is 17.3. The SMILES string of the molecule is Cc1oncc1/C(O)=C(\C#N)C(O)Nc1ccc2c(c1)CCC2=O. The number of nitrogens with one attached hydrogen (secondary N) is 1. The van der Waals surface area contributed by atoms with Crippen molar-refractivity contribution in [2.24, 2.45) is 0 Å². The molecule has 1 aromatic heterocycles. The first-order chi connectivity index (χ1) is 11.5. The van der Waals surface area contributed by atoms with Gasteiger partial charge in [-0.1, -0.05) is 5.16 Å². The number of anilines is 1. The fourth-order valence-corrected chi connectivity index (χ4v) is 2.69. The molecule has 1 heterocycles. The van der Waals surface area contributed by atoms with Crippen molar-refractivity contribution in [1.29, 1.82) is 5.26 Å². The van der Waals surface area contributed by atoms with Crippen molar-refractivity contribution >= 4 is 17.2 Å². The summed E-state index contributed by atoms with van der Waals surface area (Å²) in [6.07, 6.45) is 0.999. The van der Waals surface area contributed by atoms with Gasteiger partial charge in [-0.05, 0) is 37.1 Å². The number of hydrogen-bond donors (Lipinski definition) is 3. The maximum atomic E-state index is 11.6. The number of ketones is 1. The highest BCUT2D eigenvalue weighted by Gasteiger charge is 2.22. The molecule has 0 bridgehead atoms. The lowest BCUT2D eigenvalue weighted by Gasteiger charge is -2.15. The summed E-state index contributed by atoms with van der Waals surface area (Å²) < 4.78 is 4.85. The molecule has 24 heavy (non-hydrogen) atoms. The van der Waals surface area contributed by atoms with Crippen LogP contribution >= 0.6 is 0 Å². The first kappa shape index (κ1) is 15.8. The molecule has 0 saturated carbocycles. The second kappa shape index (κ2) is 6.18. The maximum absolute atomic E-state index is 11.6. The minimum Gasteiger partial charge on any atom is -0.506 e. The van der Waals surface area contributed by atoms with Crippen molar-refractivity contribution in [2.75, 3.05) is 5.32 Å². The number of hydrogen-bond acceptors (Lipinski definition) is 7. The van der Waals surface area contributed by atoms with E-state index in [-0.39, 0.29) is 16.9 Å². The minimum absolute atomic E-state index is 0.107. The molecule has 122 valence electrons. The van der Waals surface area contributed by atoms with Crippen LogP contribution in [0.25, 0.3) is 5.76 Å². The molecular weight excluding hydrogens is 310 g/mol. The van der Waals surface area contributed by atoms with Crippen LogP contribution in [0, 0.1) is 18.3 Å². The van der Waals surface area contributed by atoms with Gasteiger partial charge in [0.25, 0.3) is 0 Å². The largest absolute Gasteiger partial charge is 0.506 e. The molecule has 0 saturated heterocycles. The lowest BCUT2D eigenvalue weighted by Crippen LogP contribution is -2.22. The van der Waals surface area contributed by atoms with Crippen LogP contribution in [0.15, 0.2) is 34.5 Å². The summed E-state index contributed by atoms with van der Waals surface area (Å²) in [5.41, 5.74) is 2.14. The monoisotopic (exact) mass is 325 g/mol. The van der Waals surface area contributed by atoms with Gasteiger partial charge in [0.15, 0.2) is 12.0 Å². The Morgan fingerprint density at radius 1 is 1.46 bits per heavy atom. The van der Waals surface area contributed by atoms with E-state index in [1.54, 1.807) is 31.2 Å². The van der Waals surface area contributed by atoms with Gasteiger partial charge >= 0.3 is 0 Å². The quantitative estimate of drug-likeness (QED) is 0.448. The Labute approximate surface area is 137 Å². The third-order valence-corrected chi connectivity index (χ3v) is 3.99. The molecule has 1 aliphatic rings. The molecule has 1 aliphatic carbocycles. The molecule has 3 rings (SSSR count). The molecule has 0 fully saturated rings. The molecule has 0 aliphatic heterocycles. The molecule has 7 nitrogen and oxygen atoms in total. The number of nitrogens with zero attached hydrogens (tertiary/aromatic N) is 2. The first-order valence-corrected chi connectivity index (χ1v) is 7.37. The van der Waals surface area contributed by atoms with Crippen molar-refractivity contribution in [3.05, 3.63) is 52.4 Å². The van der Waals surface area contributed by atoms with Gasteiger partial charge in [0.05, 0.1) is 11.8 Å². The predicted octanol–water partition coefficient (Wildman–Crippen LogP) is 2.34. The normalized spacial score (nSPS) is 15.5. The smallest absolute Gasteiger partial charge is 0.164 e. The summed E-state index contributed by atoms with van der Waals surface area (Å²) in [5, 5.41) is 36.0. The van der Waals surface area contributed by atoms with Crippen molar-refractivity contribution < 1.29 is 19.5 Å². The number of carbonyl (C=O) groups excluding carboxylic acids is 1. The first-order valence-electron chi connectivity index (χ1n) is 7.37. The Morgan fingerprint density at radius 3 is 2.92 bits per heavy atom. The van der Waals surface area contributed by atoms with E-state index < -0.39 is 12.0 Å². The highest BCUT2D eigenvalue weighted by atomic mass is 16.5. The standard InChI is InChI=1S/C17H15N3O4/c1-9-14(8-19-24-9)16(22)13(7-18)17(23)20-11-3-4-12-10(6-11)2-5-15(12)21/h3-4,6,8,17,20,22-23H,2,5H2,1H3/b16-13-. The molecule has 2 aromatic rings. The number of rotatable bonds is 4. The molecule has 1 unspecified atom stereocenters. The highest BCUT2D eigenvalue weighted by molar-refractivity contribution is 6.00. The van der Waals surface area contributed by atoms with Gasteiger partial charge < -0.3 is 20.1 Å². The third-order valence-electron chi connectivity index (χ3n) is 3.99. The summed E-state index contributed by atoms with van der Waals surface area (Å²) in [6.45, 7) is 1.59. The van der Waals surface area contributed by atoms with Crippen LogP contribution in [0.3, 0.4) is 0 Å². The lowest BCUT2D eigenvalue weighted by atomic mass is 10.1. The third kappa shape index (κ3) is 2.75. The maximum Gasteiger partial charge on any atom is 0.164 e. The molecule has 0 spiro atoms. The average molecular weight is 325 g/mol. The van der Waals surface area contributed by atoms with E-state index in [9.17, 15) is 20.3 Å². The van der Waals surface area contributed by atoms with Gasteiger partial charge in [-0.3, -0.25) is 4.79 Å². The highest BCUT2D eigenvalue weighted by Crippen LogP contribution is 2.27. The fourth-order valence-electron chi connectivity index (χ4n) is 2.69. The Kier molecular flexibility index (Phi) is 4.06. The number of aliphatic hydroxyl groups excluding tert-OH is 2. The van der Waals surface area contributed by atoms with Crippen LogP contribution in [0.5, 0.6) is 0 Å². The number of nitriles is 1. The van der Waals surface area contributed by atoms with Crippen molar-refractivity contribution in [3.8, 4) is 6.07 Å². The van der Waals surface area contributed by atoms with E-state index in [0.717, 1.165) is 5.56 Å². The molecule has 3 N–H and O–H groups in total. The van der Waals surface area contributed by atoms with Crippen molar-refractivity contribution in [2.45, 2.75) is 26.0 Å². The number of fused-ring (bicyclic) bond motifs is 1. The van der Waals surface area contributed by atoms with E-state index in [1.807, 2.05) is 0 Å². The van der Waals surface area contributed by atoms with Crippen molar-refractivity contribution in [3.63, 3.8) is 0 Å². The number of Topliss-reactive ketones (excluding diaryl/α,β-unsaturated/α-hetero) is 1. The number of aliphatic hydroxyl groups is 2. The second-order valence-corrected chi connectivity index (χ2v) is 5.51. The summed E-state index contributed by atoms with van der Waals surface area (Å²) in [7, 11) is 0. The molecule has 1 atom stereocenters. The van der Waals surface area contributed by atoms with Crippen molar-refractivity contribution in [1.82, 2.24) is 5.16 Å². The molecule has 7 heteroatoms. The van der Waals surface area contributed by atoms with E-state index in [4.69, 9.17) is 4.52 Å². The summed E-state index contributed by atoms with van der Waals surface area (Å²) in [6, 6.07) is 6.90. The van der Waals surface area contributed by atoms with Gasteiger partial charge in [0.1, 0.15) is 23.2 Å². The molecular formula is C17H15N3O4. The average Bonchev–Trinajstić information content (AvgIpc) is 3.14. The fraction of sp³-hybridized carbons (Fsp3) is 0.235. The number of aryl methyl sites for hydroxylation is 2. The Morgan fingerprint density at radius 2 is 2.25 bits per heavy atom. The predicted molar refractivity (Wildman–Crippen MR) is 85.1 cm³/mol. The number of carbonyl (C=O) groups is 1. The zero-order valence-corrected chi connectivity index (χ0v) is 12.9. The number of benzene rings is 1. The van der Waals surface area contributed by atoms with E-state index in [2.05, 4.69) is 10.5 Å². The minimum atomic E-state index is -1.42. The van der Waals surface area contributed by atoms with Crippen LogP contribution in [-0.4, -0.2) is 27.4 Å². The Balaban J connectivity index is 1.86. The van der Waals surface area contributed by atoms with Crippen LogP contribution in [-0.2, 0) is 6.42 Å².